The number of carbonyl (C=O) groups is 1. The Morgan fingerprint density at radius 1 is 1.17 bits per heavy atom. The van der Waals surface area contributed by atoms with Gasteiger partial charge in [-0.05, 0) is 44.0 Å². The third-order valence-electron chi connectivity index (χ3n) is 4.39. The first-order valence-electron chi connectivity index (χ1n) is 8.08. The molecule has 1 unspecified atom stereocenters. The maximum Gasteiger partial charge on any atom is 0.263 e. The Bertz CT molecular complexity index is 695. The van der Waals surface area contributed by atoms with Gasteiger partial charge in [-0.2, -0.15) is 0 Å². The Kier molecular flexibility index (Phi) is 5.36. The van der Waals surface area contributed by atoms with Gasteiger partial charge in [0.1, 0.15) is 10.8 Å². The van der Waals surface area contributed by atoms with Crippen LogP contribution in [-0.2, 0) is 4.79 Å². The first-order chi connectivity index (χ1) is 11.6. The van der Waals surface area contributed by atoms with Gasteiger partial charge in [0.05, 0.1) is 5.02 Å². The van der Waals surface area contributed by atoms with Crippen molar-refractivity contribution in [3.63, 3.8) is 0 Å². The average molecular weight is 367 g/mol. The number of ether oxygens (including phenoxy) is 1. The molecule has 1 fully saturated rings. The Hall–Kier alpha value is -1.65. The van der Waals surface area contributed by atoms with Crippen LogP contribution in [0.2, 0.25) is 10.0 Å². The molecular weight excluding hydrogens is 347 g/mol. The van der Waals surface area contributed by atoms with E-state index in [9.17, 15) is 4.79 Å². The number of aromatic nitrogens is 1. The van der Waals surface area contributed by atoms with Crippen LogP contribution < -0.4 is 4.74 Å². The lowest BCUT2D eigenvalue weighted by atomic mass is 10.0. The van der Waals surface area contributed by atoms with Gasteiger partial charge < -0.3 is 14.2 Å². The van der Waals surface area contributed by atoms with Crippen molar-refractivity contribution in [2.75, 3.05) is 13.1 Å². The molecule has 0 N–H and O–H groups in total. The highest BCUT2D eigenvalue weighted by molar-refractivity contribution is 6.42. The molecule has 128 valence electrons. The van der Waals surface area contributed by atoms with E-state index in [1.54, 1.807) is 25.1 Å². The number of hydrogen-bond acceptors (Lipinski definition) is 2. The first-order valence-corrected chi connectivity index (χ1v) is 8.84. The normalized spacial score (nSPS) is 16.9. The second-order valence-electron chi connectivity index (χ2n) is 6.00. The molecule has 1 aliphatic heterocycles. The summed E-state index contributed by atoms with van der Waals surface area (Å²) in [4.78, 5) is 14.5. The van der Waals surface area contributed by atoms with Crippen molar-refractivity contribution in [2.45, 2.75) is 31.9 Å². The van der Waals surface area contributed by atoms with E-state index < -0.39 is 6.10 Å². The second kappa shape index (κ2) is 7.49. The summed E-state index contributed by atoms with van der Waals surface area (Å²) in [6.07, 6.45) is 5.46. The zero-order valence-electron chi connectivity index (χ0n) is 13.5. The van der Waals surface area contributed by atoms with E-state index in [2.05, 4.69) is 17.0 Å². The second-order valence-corrected chi connectivity index (χ2v) is 6.78. The van der Waals surface area contributed by atoms with Gasteiger partial charge >= 0.3 is 0 Å². The van der Waals surface area contributed by atoms with Crippen LogP contribution in [0.15, 0.2) is 42.7 Å². The minimum Gasteiger partial charge on any atom is -0.479 e. The minimum atomic E-state index is -0.593. The Balaban J connectivity index is 1.57. The van der Waals surface area contributed by atoms with Gasteiger partial charge in [-0.15, -0.1) is 0 Å². The van der Waals surface area contributed by atoms with Crippen LogP contribution in [0.3, 0.4) is 0 Å². The van der Waals surface area contributed by atoms with Crippen LogP contribution in [0.4, 0.5) is 0 Å². The third kappa shape index (κ3) is 3.70. The summed E-state index contributed by atoms with van der Waals surface area (Å²) in [6.45, 7) is 3.22. The fourth-order valence-electron chi connectivity index (χ4n) is 3.05. The van der Waals surface area contributed by atoms with Crippen molar-refractivity contribution in [3.8, 4) is 5.75 Å². The molecule has 0 saturated carbocycles. The van der Waals surface area contributed by atoms with Crippen LogP contribution in [0.5, 0.6) is 5.75 Å². The van der Waals surface area contributed by atoms with Crippen molar-refractivity contribution in [2.24, 2.45) is 0 Å². The highest BCUT2D eigenvalue weighted by atomic mass is 35.5. The fourth-order valence-corrected chi connectivity index (χ4v) is 3.39. The summed E-state index contributed by atoms with van der Waals surface area (Å²) >= 11 is 12.1. The van der Waals surface area contributed by atoms with Crippen molar-refractivity contribution in [1.82, 2.24) is 9.47 Å². The summed E-state index contributed by atoms with van der Waals surface area (Å²) < 4.78 is 7.94. The van der Waals surface area contributed by atoms with E-state index in [1.807, 2.05) is 17.0 Å². The van der Waals surface area contributed by atoms with Crippen molar-refractivity contribution in [1.29, 1.82) is 0 Å². The van der Waals surface area contributed by atoms with E-state index in [1.165, 1.54) is 0 Å². The van der Waals surface area contributed by atoms with Crippen LogP contribution >= 0.6 is 23.2 Å². The standard InChI is InChI=1S/C18H20Cl2N2O2/c1-13(24-16-6-4-5-15(19)17(16)20)18(23)22-11-7-14(8-12-22)21-9-2-3-10-21/h2-6,9-10,13-14H,7-8,11-12H2,1H3. The molecule has 6 heteroatoms. The summed E-state index contributed by atoms with van der Waals surface area (Å²) in [6, 6.07) is 9.68. The van der Waals surface area contributed by atoms with Gasteiger partial charge in [0.15, 0.2) is 6.10 Å². The Labute approximate surface area is 151 Å². The maximum atomic E-state index is 12.6. The van der Waals surface area contributed by atoms with Crippen LogP contribution in [0.25, 0.3) is 0 Å². The molecule has 0 bridgehead atoms. The molecule has 3 rings (SSSR count). The molecule has 1 saturated heterocycles. The third-order valence-corrected chi connectivity index (χ3v) is 5.19. The Morgan fingerprint density at radius 2 is 1.83 bits per heavy atom. The predicted octanol–water partition coefficient (Wildman–Crippen LogP) is 4.43. The molecule has 1 aromatic carbocycles. The quantitative estimate of drug-likeness (QED) is 0.802. The maximum absolute atomic E-state index is 12.6. The van der Waals surface area contributed by atoms with Crippen LogP contribution in [0, 0.1) is 0 Å². The number of hydrogen-bond donors (Lipinski definition) is 0. The summed E-state index contributed by atoms with van der Waals surface area (Å²) in [5.74, 6) is 0.421. The monoisotopic (exact) mass is 366 g/mol. The van der Waals surface area contributed by atoms with Gasteiger partial charge in [-0.1, -0.05) is 29.3 Å². The lowest BCUT2D eigenvalue weighted by Gasteiger charge is -2.34. The number of nitrogens with zero attached hydrogens (tertiary/aromatic N) is 2. The minimum absolute atomic E-state index is 0.0167. The number of carbonyl (C=O) groups excluding carboxylic acids is 1. The molecule has 0 spiro atoms. The van der Waals surface area contributed by atoms with Gasteiger partial charge in [0.2, 0.25) is 0 Å². The lowest BCUT2D eigenvalue weighted by molar-refractivity contribution is -0.139. The smallest absolute Gasteiger partial charge is 0.263 e. The number of amides is 1. The largest absolute Gasteiger partial charge is 0.479 e. The molecule has 0 radical (unpaired) electrons. The SMILES string of the molecule is CC(Oc1cccc(Cl)c1Cl)C(=O)N1CCC(n2cccc2)CC1. The van der Waals surface area contributed by atoms with Gasteiger partial charge in [0, 0.05) is 31.5 Å². The molecule has 1 aromatic heterocycles. The molecule has 0 aliphatic carbocycles. The van der Waals surface area contributed by atoms with Crippen molar-refractivity contribution >= 4 is 29.1 Å². The zero-order valence-corrected chi connectivity index (χ0v) is 15.0. The van der Waals surface area contributed by atoms with Gasteiger partial charge in [-0.25, -0.2) is 0 Å². The van der Waals surface area contributed by atoms with Crippen molar-refractivity contribution < 1.29 is 9.53 Å². The van der Waals surface area contributed by atoms with E-state index >= 15 is 0 Å². The topological polar surface area (TPSA) is 34.5 Å². The van der Waals surface area contributed by atoms with E-state index in [0.717, 1.165) is 25.9 Å². The van der Waals surface area contributed by atoms with E-state index in [-0.39, 0.29) is 5.91 Å². The number of piperidine rings is 1. The lowest BCUT2D eigenvalue weighted by Crippen LogP contribution is -2.45. The highest BCUT2D eigenvalue weighted by Gasteiger charge is 2.27. The predicted molar refractivity (Wildman–Crippen MR) is 95.8 cm³/mol. The molecule has 24 heavy (non-hydrogen) atoms. The molecule has 2 heterocycles. The average Bonchev–Trinajstić information content (AvgIpc) is 3.13. The molecular formula is C18H20Cl2N2O2. The van der Waals surface area contributed by atoms with E-state index in [4.69, 9.17) is 27.9 Å². The Morgan fingerprint density at radius 3 is 2.50 bits per heavy atom. The number of halogens is 2. The molecule has 1 aliphatic rings. The molecule has 2 aromatic rings. The molecule has 1 atom stereocenters. The van der Waals surface area contributed by atoms with E-state index in [0.29, 0.717) is 21.8 Å². The highest BCUT2D eigenvalue weighted by Crippen LogP contribution is 2.32. The van der Waals surface area contributed by atoms with Gasteiger partial charge in [0.25, 0.3) is 5.91 Å². The van der Waals surface area contributed by atoms with Crippen LogP contribution in [-0.4, -0.2) is 34.6 Å². The zero-order chi connectivity index (χ0) is 17.1. The summed E-state index contributed by atoms with van der Waals surface area (Å²) in [5, 5.41) is 0.756. The molecule has 1 amide bonds. The number of benzene rings is 1. The van der Waals surface area contributed by atoms with Crippen molar-refractivity contribution in [3.05, 3.63) is 52.8 Å². The van der Waals surface area contributed by atoms with Gasteiger partial charge in [-0.3, -0.25) is 4.79 Å². The van der Waals surface area contributed by atoms with Crippen LogP contribution in [0.1, 0.15) is 25.8 Å². The summed E-state index contributed by atoms with van der Waals surface area (Å²) in [5.41, 5.74) is 0. The number of rotatable bonds is 4. The number of likely N-dealkylation sites (tertiary alicyclic amines) is 1. The first kappa shape index (κ1) is 17.2. The molecule has 4 nitrogen and oxygen atoms in total. The summed E-state index contributed by atoms with van der Waals surface area (Å²) in [7, 11) is 0. The fraction of sp³-hybridized carbons (Fsp3) is 0.389.